The van der Waals surface area contributed by atoms with Gasteiger partial charge < -0.3 is 9.47 Å². The van der Waals surface area contributed by atoms with Crippen LogP contribution in [0.15, 0.2) is 53.3 Å². The van der Waals surface area contributed by atoms with Gasteiger partial charge in [-0.2, -0.15) is 9.50 Å². The van der Waals surface area contributed by atoms with E-state index in [4.69, 9.17) is 9.47 Å². The molecule has 0 bridgehead atoms. The zero-order valence-corrected chi connectivity index (χ0v) is 15.9. The molecule has 0 saturated carbocycles. The fourth-order valence-electron chi connectivity index (χ4n) is 2.76. The predicted molar refractivity (Wildman–Crippen MR) is 106 cm³/mol. The summed E-state index contributed by atoms with van der Waals surface area (Å²) in [5, 5.41) is 4.34. The molecule has 0 radical (unpaired) electrons. The summed E-state index contributed by atoms with van der Waals surface area (Å²) in [7, 11) is 1.58. The van der Waals surface area contributed by atoms with E-state index in [1.165, 1.54) is 22.8 Å². The summed E-state index contributed by atoms with van der Waals surface area (Å²) in [6.07, 6.45) is 1.72. The first-order chi connectivity index (χ1) is 13.5. The minimum atomic E-state index is -0.399. The number of hydrogen-bond donors (Lipinski definition) is 0. The Hall–Kier alpha value is -3.52. The third-order valence-corrected chi connectivity index (χ3v) is 4.91. The van der Waals surface area contributed by atoms with Crippen LogP contribution >= 0.6 is 11.3 Å². The highest BCUT2D eigenvalue weighted by Gasteiger charge is 2.14. The first-order valence-electron chi connectivity index (χ1n) is 8.38. The molecule has 7 nitrogen and oxygen atoms in total. The summed E-state index contributed by atoms with van der Waals surface area (Å²) in [5.41, 5.74) is 1.21. The number of carbonyl (C=O) groups is 1. The van der Waals surface area contributed by atoms with Gasteiger partial charge in [-0.1, -0.05) is 35.6 Å². The van der Waals surface area contributed by atoms with Crippen LogP contribution in [0.3, 0.4) is 0 Å². The SMILES string of the molecule is COc1ccccc1-c1nc2sc(=Cc3cccc(OC(C)=O)c3)c(=O)n2n1. The van der Waals surface area contributed by atoms with E-state index in [1.807, 2.05) is 30.3 Å². The van der Waals surface area contributed by atoms with E-state index in [0.717, 1.165) is 11.1 Å². The maximum atomic E-state index is 12.7. The van der Waals surface area contributed by atoms with Crippen LogP contribution in [-0.2, 0) is 4.79 Å². The maximum Gasteiger partial charge on any atom is 0.308 e. The average Bonchev–Trinajstić information content (AvgIpc) is 3.21. The van der Waals surface area contributed by atoms with E-state index in [2.05, 4.69) is 10.1 Å². The summed E-state index contributed by atoms with van der Waals surface area (Å²) < 4.78 is 12.2. The Labute approximate surface area is 163 Å². The molecule has 140 valence electrons. The highest BCUT2D eigenvalue weighted by atomic mass is 32.1. The molecule has 0 saturated heterocycles. The second-order valence-corrected chi connectivity index (χ2v) is 6.92. The molecule has 4 aromatic rings. The summed E-state index contributed by atoms with van der Waals surface area (Å²) in [5.74, 6) is 1.10. The molecule has 2 aromatic carbocycles. The lowest BCUT2D eigenvalue weighted by Gasteiger charge is -2.03. The number of benzene rings is 2. The molecule has 0 unspecified atom stereocenters. The average molecular weight is 393 g/mol. The molecule has 28 heavy (non-hydrogen) atoms. The Bertz CT molecular complexity index is 1290. The van der Waals surface area contributed by atoms with Gasteiger partial charge in [-0.15, -0.1) is 5.10 Å². The molecule has 4 rings (SSSR count). The summed E-state index contributed by atoms with van der Waals surface area (Å²) >= 11 is 1.24. The van der Waals surface area contributed by atoms with Gasteiger partial charge in [0.05, 0.1) is 17.2 Å². The molecule has 8 heteroatoms. The third kappa shape index (κ3) is 3.37. The van der Waals surface area contributed by atoms with Crippen molar-refractivity contribution >= 4 is 28.3 Å². The lowest BCUT2D eigenvalue weighted by molar-refractivity contribution is -0.131. The number of ether oxygens (including phenoxy) is 2. The molecule has 0 atom stereocenters. The monoisotopic (exact) mass is 393 g/mol. The quantitative estimate of drug-likeness (QED) is 0.391. The Morgan fingerprint density at radius 2 is 2.00 bits per heavy atom. The Balaban J connectivity index is 1.76. The van der Waals surface area contributed by atoms with E-state index in [9.17, 15) is 9.59 Å². The fourth-order valence-corrected chi connectivity index (χ4v) is 3.67. The second-order valence-electron chi connectivity index (χ2n) is 5.91. The number of fused-ring (bicyclic) bond motifs is 1. The number of rotatable bonds is 4. The highest BCUT2D eigenvalue weighted by Crippen LogP contribution is 2.27. The van der Waals surface area contributed by atoms with Crippen molar-refractivity contribution in [2.75, 3.05) is 7.11 Å². The number of thiazole rings is 1. The van der Waals surface area contributed by atoms with Gasteiger partial charge in [0.15, 0.2) is 5.82 Å². The number of para-hydroxylation sites is 1. The Morgan fingerprint density at radius 1 is 1.18 bits per heavy atom. The minimum Gasteiger partial charge on any atom is -0.496 e. The van der Waals surface area contributed by atoms with Gasteiger partial charge in [-0.05, 0) is 35.9 Å². The first kappa shape index (κ1) is 17.9. The van der Waals surface area contributed by atoms with Crippen molar-refractivity contribution in [1.29, 1.82) is 0 Å². The van der Waals surface area contributed by atoms with Crippen LogP contribution in [0, 0.1) is 0 Å². The van der Waals surface area contributed by atoms with Gasteiger partial charge >= 0.3 is 5.97 Å². The third-order valence-electron chi connectivity index (χ3n) is 3.95. The molecular weight excluding hydrogens is 378 g/mol. The first-order valence-corrected chi connectivity index (χ1v) is 9.20. The van der Waals surface area contributed by atoms with Crippen LogP contribution < -0.4 is 19.6 Å². The second kappa shape index (κ2) is 7.24. The largest absolute Gasteiger partial charge is 0.496 e. The van der Waals surface area contributed by atoms with Gasteiger partial charge in [0, 0.05) is 6.92 Å². The summed E-state index contributed by atoms with van der Waals surface area (Å²) in [6.45, 7) is 1.34. The molecule has 2 aromatic heterocycles. The molecule has 0 aliphatic rings. The van der Waals surface area contributed by atoms with Gasteiger partial charge in [-0.25, -0.2) is 0 Å². The number of nitrogens with zero attached hydrogens (tertiary/aromatic N) is 3. The van der Waals surface area contributed by atoms with E-state index in [0.29, 0.717) is 26.8 Å². The molecule has 0 aliphatic carbocycles. The predicted octanol–water partition coefficient (Wildman–Crippen LogP) is 2.30. The van der Waals surface area contributed by atoms with E-state index in [-0.39, 0.29) is 5.56 Å². The summed E-state index contributed by atoms with van der Waals surface area (Å²) in [4.78, 5) is 28.8. The van der Waals surface area contributed by atoms with Gasteiger partial charge in [0.1, 0.15) is 11.5 Å². The lowest BCUT2D eigenvalue weighted by Crippen LogP contribution is -2.23. The Morgan fingerprint density at radius 3 is 2.75 bits per heavy atom. The topological polar surface area (TPSA) is 82.8 Å². The molecule has 0 fully saturated rings. The standard InChI is InChI=1S/C20H15N3O4S/c1-12(24)27-14-7-5-6-13(10-14)11-17-19(25)23-20(28-17)21-18(22-23)15-8-3-4-9-16(15)26-2/h3-11H,1-2H3. The van der Waals surface area contributed by atoms with Crippen molar-refractivity contribution in [3.05, 3.63) is 69.0 Å². The lowest BCUT2D eigenvalue weighted by atomic mass is 10.2. The minimum absolute atomic E-state index is 0.258. The zero-order valence-electron chi connectivity index (χ0n) is 15.1. The molecule has 0 aliphatic heterocycles. The van der Waals surface area contributed by atoms with Crippen LogP contribution in [0.2, 0.25) is 0 Å². The van der Waals surface area contributed by atoms with Gasteiger partial charge in [-0.3, -0.25) is 9.59 Å². The van der Waals surface area contributed by atoms with Crippen LogP contribution in [0.5, 0.6) is 11.5 Å². The van der Waals surface area contributed by atoms with Crippen molar-refractivity contribution in [1.82, 2.24) is 14.6 Å². The van der Waals surface area contributed by atoms with Crippen molar-refractivity contribution in [3.8, 4) is 22.9 Å². The van der Waals surface area contributed by atoms with Crippen LogP contribution in [0.25, 0.3) is 22.4 Å². The Kier molecular flexibility index (Phi) is 4.62. The fraction of sp³-hybridized carbons (Fsp3) is 0.100. The van der Waals surface area contributed by atoms with Crippen molar-refractivity contribution in [3.63, 3.8) is 0 Å². The highest BCUT2D eigenvalue weighted by molar-refractivity contribution is 7.15. The van der Waals surface area contributed by atoms with Crippen LogP contribution in [-0.4, -0.2) is 27.7 Å². The number of carbonyl (C=O) groups excluding carboxylic acids is 1. The van der Waals surface area contributed by atoms with E-state index in [1.54, 1.807) is 31.4 Å². The van der Waals surface area contributed by atoms with Gasteiger partial charge in [0.25, 0.3) is 5.56 Å². The van der Waals surface area contributed by atoms with E-state index >= 15 is 0 Å². The molecule has 0 spiro atoms. The number of hydrogen-bond acceptors (Lipinski definition) is 7. The van der Waals surface area contributed by atoms with Crippen molar-refractivity contribution < 1.29 is 14.3 Å². The van der Waals surface area contributed by atoms with Crippen molar-refractivity contribution in [2.45, 2.75) is 6.92 Å². The molecule has 0 amide bonds. The van der Waals surface area contributed by atoms with Crippen LogP contribution in [0.4, 0.5) is 0 Å². The number of methoxy groups -OCH3 is 1. The normalized spacial score (nSPS) is 11.7. The van der Waals surface area contributed by atoms with Crippen molar-refractivity contribution in [2.24, 2.45) is 0 Å². The molecule has 0 N–H and O–H groups in total. The molecule has 2 heterocycles. The summed E-state index contributed by atoms with van der Waals surface area (Å²) in [6, 6.07) is 14.3. The smallest absolute Gasteiger partial charge is 0.308 e. The number of esters is 1. The van der Waals surface area contributed by atoms with Crippen LogP contribution in [0.1, 0.15) is 12.5 Å². The molecular formula is C20H15N3O4S. The maximum absolute atomic E-state index is 12.7. The van der Waals surface area contributed by atoms with Gasteiger partial charge in [0.2, 0.25) is 4.96 Å². The zero-order chi connectivity index (χ0) is 19.7. The number of aromatic nitrogens is 3. The van der Waals surface area contributed by atoms with E-state index < -0.39 is 5.97 Å².